The standard InChI is InChI=1S/C30H34F2N2O2/c1-4-20(5-2)21-10-11-25-24-8-6-7-9-26(24)30(27(25)15-21)33-17-29(36)28(34-18(3)35)14-19-12-22(31)16-23(32)13-19/h6-13,15-16,20,28-30,33,36H,4-5,14,17H2,1-3H3,(H,34,35)/t28-,29-,30?/m0/s1. The predicted molar refractivity (Wildman–Crippen MR) is 139 cm³/mol. The van der Waals surface area contributed by atoms with Crippen LogP contribution in [0, 0.1) is 11.6 Å². The molecule has 3 N–H and O–H groups in total. The number of benzene rings is 3. The van der Waals surface area contributed by atoms with E-state index in [0.717, 1.165) is 24.5 Å². The minimum absolute atomic E-state index is 0.105. The highest BCUT2D eigenvalue weighted by Gasteiger charge is 2.30. The molecule has 0 spiro atoms. The highest BCUT2D eigenvalue weighted by molar-refractivity contribution is 5.79. The van der Waals surface area contributed by atoms with Crippen molar-refractivity contribution in [2.45, 2.75) is 64.1 Å². The first-order chi connectivity index (χ1) is 17.3. The van der Waals surface area contributed by atoms with Crippen molar-refractivity contribution >= 4 is 5.91 Å². The molecule has 0 radical (unpaired) electrons. The van der Waals surface area contributed by atoms with Gasteiger partial charge in [0.15, 0.2) is 0 Å². The van der Waals surface area contributed by atoms with E-state index in [2.05, 4.69) is 54.8 Å². The number of amides is 1. The lowest BCUT2D eigenvalue weighted by Gasteiger charge is -2.26. The van der Waals surface area contributed by atoms with E-state index in [4.69, 9.17) is 0 Å². The summed E-state index contributed by atoms with van der Waals surface area (Å²) in [6.07, 6.45) is 1.27. The fraction of sp³-hybridized carbons (Fsp3) is 0.367. The summed E-state index contributed by atoms with van der Waals surface area (Å²) in [5, 5.41) is 17.3. The normalized spacial score (nSPS) is 15.9. The quantitative estimate of drug-likeness (QED) is 0.343. The van der Waals surface area contributed by atoms with Crippen LogP contribution >= 0.6 is 0 Å². The number of carbonyl (C=O) groups excluding carboxylic acids is 1. The topological polar surface area (TPSA) is 61.4 Å². The Morgan fingerprint density at radius 3 is 2.28 bits per heavy atom. The first kappa shape index (κ1) is 26.0. The van der Waals surface area contributed by atoms with Gasteiger partial charge in [-0.15, -0.1) is 0 Å². The first-order valence-corrected chi connectivity index (χ1v) is 12.7. The Hall–Kier alpha value is -3.09. The minimum Gasteiger partial charge on any atom is -0.390 e. The molecule has 0 aliphatic heterocycles. The summed E-state index contributed by atoms with van der Waals surface area (Å²) in [5.41, 5.74) is 6.35. The van der Waals surface area contributed by atoms with Crippen molar-refractivity contribution in [3.05, 3.63) is 94.6 Å². The smallest absolute Gasteiger partial charge is 0.217 e. The lowest BCUT2D eigenvalue weighted by molar-refractivity contribution is -0.120. The van der Waals surface area contributed by atoms with Gasteiger partial charge in [0, 0.05) is 19.5 Å². The zero-order chi connectivity index (χ0) is 25.8. The molecule has 1 unspecified atom stereocenters. The summed E-state index contributed by atoms with van der Waals surface area (Å²) < 4.78 is 27.4. The van der Waals surface area contributed by atoms with E-state index >= 15 is 0 Å². The molecule has 0 aromatic heterocycles. The van der Waals surface area contributed by atoms with Gasteiger partial charge < -0.3 is 15.7 Å². The zero-order valence-electron chi connectivity index (χ0n) is 21.0. The molecular formula is C30H34F2N2O2. The number of halogens is 2. The van der Waals surface area contributed by atoms with E-state index in [0.29, 0.717) is 11.5 Å². The van der Waals surface area contributed by atoms with Crippen LogP contribution in [0.5, 0.6) is 0 Å². The van der Waals surface area contributed by atoms with Gasteiger partial charge >= 0.3 is 0 Å². The van der Waals surface area contributed by atoms with E-state index < -0.39 is 23.8 Å². The summed E-state index contributed by atoms with van der Waals surface area (Å²) in [7, 11) is 0. The molecule has 0 saturated heterocycles. The van der Waals surface area contributed by atoms with Gasteiger partial charge in [0.25, 0.3) is 0 Å². The Labute approximate surface area is 211 Å². The predicted octanol–water partition coefficient (Wildman–Crippen LogP) is 5.64. The van der Waals surface area contributed by atoms with Gasteiger partial charge in [0.05, 0.1) is 18.2 Å². The summed E-state index contributed by atoms with van der Waals surface area (Å²) in [6, 6.07) is 17.4. The van der Waals surface area contributed by atoms with E-state index in [9.17, 15) is 18.7 Å². The number of rotatable bonds is 10. The van der Waals surface area contributed by atoms with Crippen molar-refractivity contribution in [1.82, 2.24) is 10.6 Å². The average Bonchev–Trinajstić information content (AvgIpc) is 3.15. The Morgan fingerprint density at radius 1 is 0.944 bits per heavy atom. The molecule has 1 aliphatic rings. The second-order valence-corrected chi connectivity index (χ2v) is 9.64. The number of hydrogen-bond acceptors (Lipinski definition) is 3. The maximum atomic E-state index is 13.7. The second kappa shape index (κ2) is 11.3. The van der Waals surface area contributed by atoms with Crippen LogP contribution in [0.4, 0.5) is 8.78 Å². The average molecular weight is 493 g/mol. The molecule has 4 rings (SSSR count). The van der Waals surface area contributed by atoms with Gasteiger partial charge in [0.2, 0.25) is 5.91 Å². The third-order valence-corrected chi connectivity index (χ3v) is 7.17. The molecule has 36 heavy (non-hydrogen) atoms. The van der Waals surface area contributed by atoms with Crippen LogP contribution in [0.2, 0.25) is 0 Å². The van der Waals surface area contributed by atoms with Gasteiger partial charge in [-0.3, -0.25) is 4.79 Å². The van der Waals surface area contributed by atoms with Crippen LogP contribution in [-0.4, -0.2) is 29.7 Å². The lowest BCUT2D eigenvalue weighted by Crippen LogP contribution is -2.48. The summed E-state index contributed by atoms with van der Waals surface area (Å²) in [6.45, 7) is 5.96. The molecule has 0 fully saturated rings. The first-order valence-electron chi connectivity index (χ1n) is 12.7. The van der Waals surface area contributed by atoms with Crippen molar-refractivity contribution in [2.24, 2.45) is 0 Å². The Morgan fingerprint density at radius 2 is 1.61 bits per heavy atom. The summed E-state index contributed by atoms with van der Waals surface area (Å²) in [5.74, 6) is -1.21. The van der Waals surface area contributed by atoms with Crippen molar-refractivity contribution < 1.29 is 18.7 Å². The molecular weight excluding hydrogens is 458 g/mol. The number of carbonyl (C=O) groups is 1. The number of aliphatic hydroxyl groups excluding tert-OH is 1. The molecule has 1 amide bonds. The van der Waals surface area contributed by atoms with E-state index in [1.807, 2.05) is 12.1 Å². The van der Waals surface area contributed by atoms with Gasteiger partial charge in [-0.05, 0) is 70.7 Å². The maximum Gasteiger partial charge on any atom is 0.217 e. The monoisotopic (exact) mass is 492 g/mol. The number of hydrogen-bond donors (Lipinski definition) is 3. The van der Waals surface area contributed by atoms with Gasteiger partial charge in [-0.25, -0.2) is 8.78 Å². The minimum atomic E-state index is -0.973. The Kier molecular flexibility index (Phi) is 8.17. The SMILES string of the molecule is CCC(CC)c1ccc2c(c1)C(NC[C@H](O)[C@H](Cc1cc(F)cc(F)c1)NC(C)=O)c1ccccc1-2. The van der Waals surface area contributed by atoms with E-state index in [-0.39, 0.29) is 24.9 Å². The highest BCUT2D eigenvalue weighted by atomic mass is 19.1. The van der Waals surface area contributed by atoms with Crippen molar-refractivity contribution in [1.29, 1.82) is 0 Å². The van der Waals surface area contributed by atoms with Crippen LogP contribution in [0.3, 0.4) is 0 Å². The molecule has 3 aromatic rings. The fourth-order valence-electron chi connectivity index (χ4n) is 5.37. The van der Waals surface area contributed by atoms with E-state index in [1.165, 1.54) is 41.3 Å². The van der Waals surface area contributed by atoms with Crippen LogP contribution in [0.15, 0.2) is 60.7 Å². The molecule has 4 nitrogen and oxygen atoms in total. The third kappa shape index (κ3) is 5.66. The molecule has 0 saturated carbocycles. The molecule has 3 atom stereocenters. The Balaban J connectivity index is 1.57. The van der Waals surface area contributed by atoms with Crippen LogP contribution < -0.4 is 10.6 Å². The maximum absolute atomic E-state index is 13.7. The van der Waals surface area contributed by atoms with Gasteiger partial charge in [-0.2, -0.15) is 0 Å². The fourth-order valence-corrected chi connectivity index (χ4v) is 5.37. The third-order valence-electron chi connectivity index (χ3n) is 7.17. The zero-order valence-corrected chi connectivity index (χ0v) is 21.0. The lowest BCUT2D eigenvalue weighted by atomic mass is 9.90. The van der Waals surface area contributed by atoms with E-state index in [1.54, 1.807) is 0 Å². The number of nitrogens with one attached hydrogen (secondary N) is 2. The van der Waals surface area contributed by atoms with Crippen molar-refractivity contribution in [3.8, 4) is 11.1 Å². The molecule has 190 valence electrons. The molecule has 0 heterocycles. The molecule has 0 bridgehead atoms. The van der Waals surface area contributed by atoms with Crippen LogP contribution in [0.1, 0.15) is 67.8 Å². The van der Waals surface area contributed by atoms with Crippen molar-refractivity contribution in [2.75, 3.05) is 6.54 Å². The molecule has 1 aliphatic carbocycles. The number of fused-ring (bicyclic) bond motifs is 3. The van der Waals surface area contributed by atoms with Crippen LogP contribution in [0.25, 0.3) is 11.1 Å². The molecule has 3 aromatic carbocycles. The summed E-state index contributed by atoms with van der Waals surface area (Å²) >= 11 is 0. The molecule has 6 heteroatoms. The summed E-state index contributed by atoms with van der Waals surface area (Å²) in [4.78, 5) is 11.8. The Bertz CT molecular complexity index is 1210. The van der Waals surface area contributed by atoms with Crippen molar-refractivity contribution in [3.63, 3.8) is 0 Å². The van der Waals surface area contributed by atoms with Gasteiger partial charge in [0.1, 0.15) is 11.6 Å². The largest absolute Gasteiger partial charge is 0.390 e. The highest BCUT2D eigenvalue weighted by Crippen LogP contribution is 2.44. The number of aliphatic hydroxyl groups is 1. The second-order valence-electron chi connectivity index (χ2n) is 9.64. The van der Waals surface area contributed by atoms with Crippen LogP contribution in [-0.2, 0) is 11.2 Å². The van der Waals surface area contributed by atoms with Gasteiger partial charge in [-0.1, -0.05) is 56.3 Å².